The van der Waals surface area contributed by atoms with Crippen LogP contribution in [0.2, 0.25) is 0 Å². The van der Waals surface area contributed by atoms with Gasteiger partial charge in [0.05, 0.1) is 11.5 Å². The van der Waals surface area contributed by atoms with E-state index < -0.39 is 10.0 Å². The Kier molecular flexibility index (Phi) is 5.86. The highest BCUT2D eigenvalue weighted by atomic mass is 32.2. The van der Waals surface area contributed by atoms with Gasteiger partial charge in [0.2, 0.25) is 10.0 Å². The van der Waals surface area contributed by atoms with Crippen LogP contribution in [0.4, 0.5) is 0 Å². The number of ketones is 1. The van der Waals surface area contributed by atoms with Crippen molar-refractivity contribution in [2.45, 2.75) is 57.3 Å². The highest BCUT2D eigenvalue weighted by molar-refractivity contribution is 7.89. The smallest absolute Gasteiger partial charge is 0.243 e. The molecule has 0 amide bonds. The SMILES string of the molecule is CCOCC12CCC(=O)CC1=CCN(S(=O)(=O)c1ccc(C(C)(C)C)cc1)C2. The zero-order chi connectivity index (χ0) is 20.6. The third-order valence-corrected chi connectivity index (χ3v) is 7.74. The van der Waals surface area contributed by atoms with Gasteiger partial charge in [0, 0.05) is 38.0 Å². The lowest BCUT2D eigenvalue weighted by molar-refractivity contribution is -0.121. The van der Waals surface area contributed by atoms with Crippen molar-refractivity contribution < 1.29 is 17.9 Å². The Bertz CT molecular complexity index is 865. The second kappa shape index (κ2) is 7.73. The molecular weight excluding hydrogens is 374 g/mol. The van der Waals surface area contributed by atoms with Crippen LogP contribution in [0.25, 0.3) is 0 Å². The van der Waals surface area contributed by atoms with Crippen molar-refractivity contribution >= 4 is 15.8 Å². The molecule has 0 N–H and O–H groups in total. The monoisotopic (exact) mass is 405 g/mol. The number of carbonyl (C=O) groups excluding carboxylic acids is 1. The van der Waals surface area contributed by atoms with Gasteiger partial charge in [-0.05, 0) is 36.5 Å². The van der Waals surface area contributed by atoms with Crippen LogP contribution < -0.4 is 0 Å². The van der Waals surface area contributed by atoms with E-state index in [-0.39, 0.29) is 16.6 Å². The third-order valence-electron chi connectivity index (χ3n) is 5.91. The molecule has 5 nitrogen and oxygen atoms in total. The number of benzene rings is 1. The standard InChI is InChI=1S/C22H31NO4S/c1-5-27-16-22-12-10-19(24)14-18(22)11-13-23(15-22)28(25,26)20-8-6-17(7-9-20)21(2,3)4/h6-9,11H,5,10,12-16H2,1-4H3. The fraction of sp³-hybridized carbons (Fsp3) is 0.591. The van der Waals surface area contributed by atoms with Crippen LogP contribution in [0, 0.1) is 5.41 Å². The molecule has 1 unspecified atom stereocenters. The first-order valence-corrected chi connectivity index (χ1v) is 11.4. The molecule has 0 bridgehead atoms. The largest absolute Gasteiger partial charge is 0.381 e. The van der Waals surface area contributed by atoms with Gasteiger partial charge >= 0.3 is 0 Å². The van der Waals surface area contributed by atoms with Crippen LogP contribution in [-0.4, -0.2) is 44.8 Å². The van der Waals surface area contributed by atoms with Gasteiger partial charge in [-0.15, -0.1) is 0 Å². The molecule has 0 saturated heterocycles. The zero-order valence-electron chi connectivity index (χ0n) is 17.3. The fourth-order valence-corrected chi connectivity index (χ4v) is 5.54. The van der Waals surface area contributed by atoms with Gasteiger partial charge in [0.25, 0.3) is 0 Å². The minimum atomic E-state index is -3.60. The van der Waals surface area contributed by atoms with Crippen molar-refractivity contribution in [3.63, 3.8) is 0 Å². The number of Topliss-reactive ketones (excluding diaryl/α,β-unsaturated/α-hetero) is 1. The van der Waals surface area contributed by atoms with E-state index in [1.54, 1.807) is 12.1 Å². The molecular formula is C22H31NO4S. The van der Waals surface area contributed by atoms with Crippen LogP contribution in [0.5, 0.6) is 0 Å². The minimum Gasteiger partial charge on any atom is -0.381 e. The topological polar surface area (TPSA) is 63.7 Å². The summed E-state index contributed by atoms with van der Waals surface area (Å²) >= 11 is 0. The summed E-state index contributed by atoms with van der Waals surface area (Å²) in [5, 5.41) is 0. The lowest BCUT2D eigenvalue weighted by Crippen LogP contribution is -2.50. The highest BCUT2D eigenvalue weighted by Gasteiger charge is 2.45. The van der Waals surface area contributed by atoms with E-state index in [4.69, 9.17) is 4.74 Å². The predicted octanol–water partition coefficient (Wildman–Crippen LogP) is 3.69. The Hall–Kier alpha value is -1.50. The first-order valence-electron chi connectivity index (χ1n) is 9.98. The molecule has 3 rings (SSSR count). The average molecular weight is 406 g/mol. The van der Waals surface area contributed by atoms with E-state index in [1.165, 1.54) is 4.31 Å². The van der Waals surface area contributed by atoms with Gasteiger partial charge in [-0.3, -0.25) is 4.79 Å². The lowest BCUT2D eigenvalue weighted by atomic mass is 9.69. The maximum atomic E-state index is 13.3. The average Bonchev–Trinajstić information content (AvgIpc) is 2.65. The number of sulfonamides is 1. The summed E-state index contributed by atoms with van der Waals surface area (Å²) in [6.07, 6.45) is 3.48. The molecule has 1 fully saturated rings. The van der Waals surface area contributed by atoms with E-state index in [0.717, 1.165) is 11.1 Å². The number of fused-ring (bicyclic) bond motifs is 1. The van der Waals surface area contributed by atoms with Crippen LogP contribution in [0.1, 0.15) is 52.5 Å². The van der Waals surface area contributed by atoms with Crippen molar-refractivity contribution in [1.29, 1.82) is 0 Å². The van der Waals surface area contributed by atoms with Crippen molar-refractivity contribution in [2.24, 2.45) is 5.41 Å². The van der Waals surface area contributed by atoms with Crippen molar-refractivity contribution in [3.8, 4) is 0 Å². The molecule has 6 heteroatoms. The van der Waals surface area contributed by atoms with Crippen LogP contribution in [-0.2, 0) is 25.0 Å². The molecule has 1 saturated carbocycles. The van der Waals surface area contributed by atoms with E-state index in [1.807, 2.05) is 25.1 Å². The van der Waals surface area contributed by atoms with Gasteiger partial charge in [0.1, 0.15) is 5.78 Å². The summed E-state index contributed by atoms with van der Waals surface area (Å²) in [7, 11) is -3.60. The fourth-order valence-electron chi connectivity index (χ4n) is 4.08. The number of nitrogens with zero attached hydrogens (tertiary/aromatic N) is 1. The van der Waals surface area contributed by atoms with Gasteiger partial charge < -0.3 is 4.74 Å². The molecule has 0 radical (unpaired) electrons. The number of rotatable bonds is 5. The summed E-state index contributed by atoms with van der Waals surface area (Å²) in [5.41, 5.74) is 1.74. The van der Waals surface area contributed by atoms with Crippen LogP contribution >= 0.6 is 0 Å². The zero-order valence-corrected chi connectivity index (χ0v) is 18.1. The van der Waals surface area contributed by atoms with E-state index in [9.17, 15) is 13.2 Å². The summed E-state index contributed by atoms with van der Waals surface area (Å²) in [6.45, 7) is 9.96. The van der Waals surface area contributed by atoms with Crippen molar-refractivity contribution in [1.82, 2.24) is 4.31 Å². The normalized spacial score (nSPS) is 24.0. The third kappa shape index (κ3) is 4.09. The Balaban J connectivity index is 1.90. The number of hydrogen-bond acceptors (Lipinski definition) is 4. The van der Waals surface area contributed by atoms with Gasteiger partial charge in [-0.2, -0.15) is 4.31 Å². The Morgan fingerprint density at radius 3 is 2.46 bits per heavy atom. The Labute approximate surface area is 168 Å². The number of carbonyl (C=O) groups is 1. The molecule has 0 spiro atoms. The van der Waals surface area contributed by atoms with Gasteiger partial charge in [-0.25, -0.2) is 8.42 Å². The number of ether oxygens (including phenoxy) is 1. The van der Waals surface area contributed by atoms with Gasteiger partial charge in [0.15, 0.2) is 0 Å². The maximum Gasteiger partial charge on any atom is 0.243 e. The Morgan fingerprint density at radius 1 is 1.18 bits per heavy atom. The first-order chi connectivity index (χ1) is 13.1. The molecule has 154 valence electrons. The van der Waals surface area contributed by atoms with E-state index >= 15 is 0 Å². The molecule has 0 aromatic heterocycles. The van der Waals surface area contributed by atoms with Gasteiger partial charge in [-0.1, -0.05) is 44.6 Å². The van der Waals surface area contributed by atoms with E-state index in [0.29, 0.717) is 50.5 Å². The second-order valence-electron chi connectivity index (χ2n) is 8.93. The minimum absolute atomic E-state index is 0.0265. The number of hydrogen-bond donors (Lipinski definition) is 0. The lowest BCUT2D eigenvalue weighted by Gasteiger charge is -2.45. The molecule has 1 atom stereocenters. The maximum absolute atomic E-state index is 13.3. The molecule has 1 aliphatic carbocycles. The first kappa shape index (κ1) is 21.2. The van der Waals surface area contributed by atoms with Crippen LogP contribution in [0.3, 0.4) is 0 Å². The van der Waals surface area contributed by atoms with Crippen molar-refractivity contribution in [3.05, 3.63) is 41.5 Å². The molecule has 28 heavy (non-hydrogen) atoms. The molecule has 1 heterocycles. The second-order valence-corrected chi connectivity index (χ2v) is 10.9. The molecule has 1 aliphatic heterocycles. The predicted molar refractivity (Wildman–Crippen MR) is 110 cm³/mol. The highest BCUT2D eigenvalue weighted by Crippen LogP contribution is 2.44. The van der Waals surface area contributed by atoms with Crippen molar-refractivity contribution in [2.75, 3.05) is 26.3 Å². The Morgan fingerprint density at radius 2 is 1.86 bits per heavy atom. The summed E-state index contributed by atoms with van der Waals surface area (Å²) in [4.78, 5) is 12.2. The van der Waals surface area contributed by atoms with E-state index in [2.05, 4.69) is 20.8 Å². The molecule has 2 aliphatic rings. The summed E-state index contributed by atoms with van der Waals surface area (Å²) < 4.78 is 33.8. The summed E-state index contributed by atoms with van der Waals surface area (Å²) in [6, 6.07) is 7.20. The quantitative estimate of drug-likeness (QED) is 0.701. The summed E-state index contributed by atoms with van der Waals surface area (Å²) in [5.74, 6) is 0.229. The molecule has 1 aromatic carbocycles. The molecule has 1 aromatic rings. The van der Waals surface area contributed by atoms with Crippen LogP contribution in [0.15, 0.2) is 40.8 Å².